The first kappa shape index (κ1) is 14.5. The molecule has 1 aromatic carbocycles. The van der Waals surface area contributed by atoms with Crippen LogP contribution in [-0.2, 0) is 4.79 Å². The molecular formula is C15H14N2O4. The molecule has 0 spiro atoms. The van der Waals surface area contributed by atoms with E-state index in [9.17, 15) is 9.59 Å². The summed E-state index contributed by atoms with van der Waals surface area (Å²) in [5, 5.41) is 11.6. The van der Waals surface area contributed by atoms with Crippen molar-refractivity contribution < 1.29 is 19.4 Å². The number of carbonyl (C=O) groups excluding carboxylic acids is 1. The molecule has 0 aliphatic heterocycles. The number of rotatable bonds is 5. The van der Waals surface area contributed by atoms with Crippen molar-refractivity contribution in [2.45, 2.75) is 6.92 Å². The summed E-state index contributed by atoms with van der Waals surface area (Å²) < 4.78 is 5.20. The molecule has 0 unspecified atom stereocenters. The van der Waals surface area contributed by atoms with Crippen LogP contribution in [0.15, 0.2) is 42.6 Å². The van der Waals surface area contributed by atoms with Crippen LogP contribution >= 0.6 is 0 Å². The number of aryl methyl sites for hydroxylation is 1. The zero-order chi connectivity index (χ0) is 15.2. The maximum absolute atomic E-state index is 11.7. The second-order valence-electron chi connectivity index (χ2n) is 4.36. The van der Waals surface area contributed by atoms with Gasteiger partial charge in [-0.2, -0.15) is 0 Å². The van der Waals surface area contributed by atoms with Crippen molar-refractivity contribution in [3.8, 4) is 5.75 Å². The Hall–Kier alpha value is -2.89. The zero-order valence-electron chi connectivity index (χ0n) is 11.4. The van der Waals surface area contributed by atoms with Gasteiger partial charge in [0.2, 0.25) is 0 Å². The van der Waals surface area contributed by atoms with Gasteiger partial charge in [-0.25, -0.2) is 9.78 Å². The molecule has 0 fully saturated rings. The monoisotopic (exact) mass is 286 g/mol. The number of ether oxygens (including phenoxy) is 1. The number of carboxylic acid groups (broad SMARTS) is 1. The summed E-state index contributed by atoms with van der Waals surface area (Å²) in [6, 6.07) is 10.3. The van der Waals surface area contributed by atoms with Gasteiger partial charge in [-0.1, -0.05) is 17.7 Å². The number of hydrogen-bond donors (Lipinski definition) is 2. The van der Waals surface area contributed by atoms with Gasteiger partial charge in [0, 0.05) is 11.9 Å². The minimum atomic E-state index is -1.20. The van der Waals surface area contributed by atoms with Crippen molar-refractivity contribution in [2.75, 3.05) is 11.9 Å². The number of aromatic carboxylic acids is 1. The third-order valence-electron chi connectivity index (χ3n) is 2.67. The van der Waals surface area contributed by atoms with Crippen LogP contribution in [0.1, 0.15) is 16.1 Å². The van der Waals surface area contributed by atoms with Crippen molar-refractivity contribution >= 4 is 17.6 Å². The van der Waals surface area contributed by atoms with Crippen molar-refractivity contribution in [1.29, 1.82) is 0 Å². The van der Waals surface area contributed by atoms with Gasteiger partial charge < -0.3 is 15.2 Å². The molecule has 6 nitrogen and oxygen atoms in total. The predicted molar refractivity (Wildman–Crippen MR) is 76.5 cm³/mol. The molecule has 2 aromatic rings. The lowest BCUT2D eigenvalue weighted by atomic mass is 10.2. The SMILES string of the molecule is Cc1ccc(NC(=O)COc2cccnc2C(=O)O)cc1. The van der Waals surface area contributed by atoms with E-state index in [2.05, 4.69) is 10.3 Å². The summed E-state index contributed by atoms with van der Waals surface area (Å²) in [5.74, 6) is -1.52. The number of aromatic nitrogens is 1. The quantitative estimate of drug-likeness (QED) is 0.878. The first-order valence-corrected chi connectivity index (χ1v) is 6.24. The fraction of sp³-hybridized carbons (Fsp3) is 0.133. The van der Waals surface area contributed by atoms with Crippen molar-refractivity contribution in [3.05, 3.63) is 53.9 Å². The highest BCUT2D eigenvalue weighted by Gasteiger charge is 2.13. The van der Waals surface area contributed by atoms with Gasteiger partial charge >= 0.3 is 5.97 Å². The number of amides is 1. The van der Waals surface area contributed by atoms with E-state index in [1.165, 1.54) is 12.3 Å². The standard InChI is InChI=1S/C15H14N2O4/c1-10-4-6-11(7-5-10)17-13(18)9-21-12-3-2-8-16-14(12)15(19)20/h2-8H,9H2,1H3,(H,17,18)(H,19,20). The fourth-order valence-electron chi connectivity index (χ4n) is 1.64. The lowest BCUT2D eigenvalue weighted by Crippen LogP contribution is -2.21. The molecule has 2 rings (SSSR count). The van der Waals surface area contributed by atoms with Crippen molar-refractivity contribution in [3.63, 3.8) is 0 Å². The fourth-order valence-corrected chi connectivity index (χ4v) is 1.64. The minimum absolute atomic E-state index is 0.0593. The Kier molecular flexibility index (Phi) is 4.50. The zero-order valence-corrected chi connectivity index (χ0v) is 11.4. The maximum Gasteiger partial charge on any atom is 0.358 e. The second kappa shape index (κ2) is 6.51. The number of nitrogens with one attached hydrogen (secondary N) is 1. The normalized spacial score (nSPS) is 9.95. The van der Waals surface area contributed by atoms with Crippen LogP contribution < -0.4 is 10.1 Å². The van der Waals surface area contributed by atoms with E-state index in [4.69, 9.17) is 9.84 Å². The van der Waals surface area contributed by atoms with Gasteiger partial charge in [0.1, 0.15) is 0 Å². The van der Waals surface area contributed by atoms with Crippen LogP contribution in [-0.4, -0.2) is 28.6 Å². The predicted octanol–water partition coefficient (Wildman–Crippen LogP) is 2.11. The Labute approximate surface area is 121 Å². The largest absolute Gasteiger partial charge is 0.481 e. The number of carboxylic acids is 1. The molecule has 0 aliphatic rings. The average Bonchev–Trinajstić information content (AvgIpc) is 2.48. The van der Waals surface area contributed by atoms with Gasteiger partial charge in [-0.05, 0) is 31.2 Å². The third kappa shape index (κ3) is 4.04. The molecule has 0 atom stereocenters. The lowest BCUT2D eigenvalue weighted by molar-refractivity contribution is -0.118. The van der Waals surface area contributed by atoms with Crippen molar-refractivity contribution in [1.82, 2.24) is 4.98 Å². The highest BCUT2D eigenvalue weighted by Crippen LogP contribution is 2.15. The maximum atomic E-state index is 11.7. The molecular weight excluding hydrogens is 272 g/mol. The summed E-state index contributed by atoms with van der Waals surface area (Å²) in [6.45, 7) is 1.66. The molecule has 2 N–H and O–H groups in total. The molecule has 1 heterocycles. The average molecular weight is 286 g/mol. The van der Waals surface area contributed by atoms with Crippen LogP contribution in [0.25, 0.3) is 0 Å². The van der Waals surface area contributed by atoms with Gasteiger partial charge in [0.15, 0.2) is 18.1 Å². The summed E-state index contributed by atoms with van der Waals surface area (Å²) >= 11 is 0. The summed E-state index contributed by atoms with van der Waals surface area (Å²) in [5.41, 5.74) is 1.52. The number of benzene rings is 1. The van der Waals surface area contributed by atoms with E-state index in [1.807, 2.05) is 19.1 Å². The topological polar surface area (TPSA) is 88.5 Å². The van der Waals surface area contributed by atoms with E-state index in [-0.39, 0.29) is 24.0 Å². The Morgan fingerprint density at radius 2 is 1.95 bits per heavy atom. The van der Waals surface area contributed by atoms with Crippen LogP contribution in [0, 0.1) is 6.92 Å². The van der Waals surface area contributed by atoms with E-state index < -0.39 is 5.97 Å². The van der Waals surface area contributed by atoms with Gasteiger partial charge in [-0.15, -0.1) is 0 Å². The highest BCUT2D eigenvalue weighted by molar-refractivity contribution is 5.92. The number of hydrogen-bond acceptors (Lipinski definition) is 4. The molecule has 21 heavy (non-hydrogen) atoms. The van der Waals surface area contributed by atoms with Gasteiger partial charge in [0.25, 0.3) is 5.91 Å². The first-order valence-electron chi connectivity index (χ1n) is 6.24. The Morgan fingerprint density at radius 3 is 2.62 bits per heavy atom. The molecule has 0 saturated heterocycles. The van der Waals surface area contributed by atoms with Crippen LogP contribution in [0.2, 0.25) is 0 Å². The molecule has 108 valence electrons. The Balaban J connectivity index is 1.95. The van der Waals surface area contributed by atoms with Crippen LogP contribution in [0.5, 0.6) is 5.75 Å². The number of nitrogens with zero attached hydrogens (tertiary/aromatic N) is 1. The third-order valence-corrected chi connectivity index (χ3v) is 2.67. The van der Waals surface area contributed by atoms with Gasteiger partial charge in [-0.3, -0.25) is 4.79 Å². The Morgan fingerprint density at radius 1 is 1.24 bits per heavy atom. The molecule has 0 saturated carbocycles. The van der Waals surface area contributed by atoms with Crippen molar-refractivity contribution in [2.24, 2.45) is 0 Å². The lowest BCUT2D eigenvalue weighted by Gasteiger charge is -2.09. The minimum Gasteiger partial charge on any atom is -0.481 e. The molecule has 1 amide bonds. The summed E-state index contributed by atoms with van der Waals surface area (Å²) in [4.78, 5) is 26.4. The molecule has 6 heteroatoms. The van der Waals surface area contributed by atoms with Crippen LogP contribution in [0.3, 0.4) is 0 Å². The Bertz CT molecular complexity index is 653. The van der Waals surface area contributed by atoms with Crippen LogP contribution in [0.4, 0.5) is 5.69 Å². The van der Waals surface area contributed by atoms with E-state index in [1.54, 1.807) is 18.2 Å². The molecule has 1 aromatic heterocycles. The number of carbonyl (C=O) groups is 2. The second-order valence-corrected chi connectivity index (χ2v) is 4.36. The van der Waals surface area contributed by atoms with E-state index in [0.717, 1.165) is 5.56 Å². The smallest absolute Gasteiger partial charge is 0.358 e. The van der Waals surface area contributed by atoms with Gasteiger partial charge in [0.05, 0.1) is 0 Å². The molecule has 0 bridgehead atoms. The number of pyridine rings is 1. The first-order chi connectivity index (χ1) is 10.1. The van der Waals surface area contributed by atoms with E-state index >= 15 is 0 Å². The summed E-state index contributed by atoms with van der Waals surface area (Å²) in [7, 11) is 0. The highest BCUT2D eigenvalue weighted by atomic mass is 16.5. The molecule has 0 aliphatic carbocycles. The number of anilines is 1. The summed E-state index contributed by atoms with van der Waals surface area (Å²) in [6.07, 6.45) is 1.35. The van der Waals surface area contributed by atoms with E-state index in [0.29, 0.717) is 5.69 Å². The molecule has 0 radical (unpaired) electrons.